The first-order valence-electron chi connectivity index (χ1n) is 7.42. The molecule has 116 valence electrons. The predicted molar refractivity (Wildman–Crippen MR) is 92.7 cm³/mol. The van der Waals surface area contributed by atoms with Gasteiger partial charge in [-0.1, -0.05) is 55.8 Å². The van der Waals surface area contributed by atoms with Crippen molar-refractivity contribution in [2.24, 2.45) is 5.73 Å². The summed E-state index contributed by atoms with van der Waals surface area (Å²) < 4.78 is 1.90. The number of hydrogen-bond donors (Lipinski definition) is 2. The molecule has 3 N–H and O–H groups in total. The van der Waals surface area contributed by atoms with Gasteiger partial charge < -0.3 is 10.3 Å². The number of nitrogens with zero attached hydrogens (tertiary/aromatic N) is 1. The third kappa shape index (κ3) is 3.25. The van der Waals surface area contributed by atoms with Crippen molar-refractivity contribution in [3.8, 4) is 0 Å². The summed E-state index contributed by atoms with van der Waals surface area (Å²) in [6, 6.07) is 10.0. The third-order valence-corrected chi connectivity index (χ3v) is 4.06. The topological polar surface area (TPSA) is 54.8 Å². The second kappa shape index (κ2) is 6.84. The van der Waals surface area contributed by atoms with Crippen molar-refractivity contribution in [1.82, 2.24) is 4.57 Å². The summed E-state index contributed by atoms with van der Waals surface area (Å²) in [6.07, 6.45) is 3.75. The minimum atomic E-state index is 0.0653. The first-order valence-corrected chi connectivity index (χ1v) is 7.80. The molecule has 22 heavy (non-hydrogen) atoms. The van der Waals surface area contributed by atoms with Gasteiger partial charge in [0.1, 0.15) is 5.49 Å². The summed E-state index contributed by atoms with van der Waals surface area (Å²) in [6.45, 7) is 7.98. The first kappa shape index (κ1) is 16.4. The monoisotopic (exact) mass is 315 g/mol. The van der Waals surface area contributed by atoms with Crippen molar-refractivity contribution in [3.63, 3.8) is 0 Å². The maximum atomic E-state index is 8.47. The third-order valence-electron chi connectivity index (χ3n) is 3.85. The van der Waals surface area contributed by atoms with Crippen molar-refractivity contribution in [3.05, 3.63) is 70.3 Å². The molecule has 0 radical (unpaired) electrons. The van der Waals surface area contributed by atoms with Crippen LogP contribution in [-0.4, -0.2) is 4.57 Å². The molecule has 1 unspecified atom stereocenters. The Balaban J connectivity index is 2.67. The van der Waals surface area contributed by atoms with Crippen molar-refractivity contribution in [2.45, 2.75) is 32.7 Å². The summed E-state index contributed by atoms with van der Waals surface area (Å²) >= 11 is 6.24. The van der Waals surface area contributed by atoms with E-state index in [2.05, 4.69) is 32.6 Å². The molecule has 1 aromatic carbocycles. The first-order chi connectivity index (χ1) is 10.5. The molecule has 0 fully saturated rings. The molecule has 0 aliphatic rings. The minimum Gasteiger partial charge on any atom is -0.399 e. The van der Waals surface area contributed by atoms with Crippen molar-refractivity contribution in [2.75, 3.05) is 0 Å². The van der Waals surface area contributed by atoms with Gasteiger partial charge in [-0.15, -0.1) is 0 Å². The average Bonchev–Trinajstić information content (AvgIpc) is 2.48. The van der Waals surface area contributed by atoms with Crippen LogP contribution in [-0.2, 0) is 0 Å². The highest BCUT2D eigenvalue weighted by Gasteiger charge is 2.17. The van der Waals surface area contributed by atoms with Gasteiger partial charge in [0.15, 0.2) is 0 Å². The van der Waals surface area contributed by atoms with Gasteiger partial charge in [-0.2, -0.15) is 0 Å². The summed E-state index contributed by atoms with van der Waals surface area (Å²) in [4.78, 5) is 0. The second-order valence-corrected chi connectivity index (χ2v) is 5.95. The molecule has 2 rings (SSSR count). The number of nitrogens with one attached hydrogen (secondary N) is 1. The van der Waals surface area contributed by atoms with Crippen LogP contribution in [0.5, 0.6) is 0 Å². The van der Waals surface area contributed by atoms with Gasteiger partial charge in [0.25, 0.3) is 0 Å². The molecular formula is C18H22ClN3. The number of pyridine rings is 1. The Morgan fingerprint density at radius 2 is 2.09 bits per heavy atom. The quantitative estimate of drug-likeness (QED) is 0.851. The Hall–Kier alpha value is -2.00. The van der Waals surface area contributed by atoms with E-state index in [-0.39, 0.29) is 6.04 Å². The molecular weight excluding hydrogens is 294 g/mol. The minimum absolute atomic E-state index is 0.0653. The molecule has 0 saturated carbocycles. The van der Waals surface area contributed by atoms with Gasteiger partial charge in [0, 0.05) is 17.5 Å². The fraction of sp³-hybridized carbons (Fsp3) is 0.278. The molecule has 4 heteroatoms. The molecule has 0 amide bonds. The average molecular weight is 316 g/mol. The maximum absolute atomic E-state index is 8.47. The van der Waals surface area contributed by atoms with Crippen LogP contribution < -0.4 is 11.2 Å². The Labute approximate surface area is 136 Å². The van der Waals surface area contributed by atoms with Crippen molar-refractivity contribution >= 4 is 17.3 Å². The lowest BCUT2D eigenvalue weighted by Gasteiger charge is -2.24. The van der Waals surface area contributed by atoms with Gasteiger partial charge in [-0.05, 0) is 30.5 Å². The smallest absolute Gasteiger partial charge is 0.134 e. The molecule has 0 aliphatic heterocycles. The normalized spacial score (nSPS) is 12.1. The zero-order chi connectivity index (χ0) is 16.3. The van der Waals surface area contributed by atoms with Crippen LogP contribution in [0.3, 0.4) is 0 Å². The molecule has 2 aromatic rings. The van der Waals surface area contributed by atoms with Crippen LogP contribution in [0.1, 0.15) is 42.5 Å². The van der Waals surface area contributed by atoms with E-state index in [1.54, 1.807) is 6.07 Å². The van der Waals surface area contributed by atoms with Gasteiger partial charge in [-0.25, -0.2) is 0 Å². The maximum Gasteiger partial charge on any atom is 0.134 e. The molecule has 0 bridgehead atoms. The van der Waals surface area contributed by atoms with E-state index < -0.39 is 0 Å². The summed E-state index contributed by atoms with van der Waals surface area (Å²) in [5.74, 6) is 0. The molecule has 1 heterocycles. The van der Waals surface area contributed by atoms with E-state index in [9.17, 15) is 0 Å². The van der Waals surface area contributed by atoms with Crippen LogP contribution in [0.2, 0.25) is 5.02 Å². The van der Waals surface area contributed by atoms with E-state index in [0.717, 1.165) is 12.8 Å². The lowest BCUT2D eigenvalue weighted by atomic mass is 9.97. The highest BCUT2D eigenvalue weighted by Crippen LogP contribution is 2.26. The number of benzene rings is 1. The number of nitrogens with two attached hydrogens (primary N) is 1. The standard InChI is InChI=1S/C18H22ClN3/c1-4-7-17(15-9-6-5-8-12(15)2)22-11-14(19)10-16(13(3)20)18(22)21/h5-6,8-11,17,21H,3-4,7,20H2,1-2H3. The molecule has 1 atom stereocenters. The van der Waals surface area contributed by atoms with Crippen molar-refractivity contribution < 1.29 is 0 Å². The summed E-state index contributed by atoms with van der Waals surface area (Å²) in [5, 5.41) is 9.03. The zero-order valence-electron chi connectivity index (χ0n) is 13.1. The van der Waals surface area contributed by atoms with E-state index in [1.165, 1.54) is 11.1 Å². The van der Waals surface area contributed by atoms with Gasteiger partial charge in [-0.3, -0.25) is 5.41 Å². The van der Waals surface area contributed by atoms with Crippen LogP contribution in [0.4, 0.5) is 0 Å². The summed E-state index contributed by atoms with van der Waals surface area (Å²) in [5.41, 5.74) is 9.52. The Morgan fingerprint density at radius 1 is 1.41 bits per heavy atom. The van der Waals surface area contributed by atoms with Crippen LogP contribution >= 0.6 is 11.6 Å². The number of aryl methyl sites for hydroxylation is 1. The molecule has 0 saturated heterocycles. The SMILES string of the molecule is C=C(N)c1cc(Cl)cn(C(CCC)c2ccccc2C)c1=N. The van der Waals surface area contributed by atoms with Crippen molar-refractivity contribution in [1.29, 1.82) is 5.41 Å². The van der Waals surface area contributed by atoms with E-state index in [1.807, 2.05) is 22.9 Å². The number of halogens is 1. The number of hydrogen-bond acceptors (Lipinski definition) is 2. The predicted octanol–water partition coefficient (Wildman–Crippen LogP) is 4.25. The van der Waals surface area contributed by atoms with E-state index in [4.69, 9.17) is 22.7 Å². The fourth-order valence-corrected chi connectivity index (χ4v) is 2.96. The highest BCUT2D eigenvalue weighted by atomic mass is 35.5. The van der Waals surface area contributed by atoms with E-state index in [0.29, 0.717) is 21.8 Å². The van der Waals surface area contributed by atoms with Gasteiger partial charge >= 0.3 is 0 Å². The lowest BCUT2D eigenvalue weighted by Crippen LogP contribution is -2.29. The fourth-order valence-electron chi connectivity index (χ4n) is 2.75. The largest absolute Gasteiger partial charge is 0.399 e. The van der Waals surface area contributed by atoms with Crippen LogP contribution in [0, 0.1) is 12.3 Å². The van der Waals surface area contributed by atoms with Gasteiger partial charge in [0.2, 0.25) is 0 Å². The lowest BCUT2D eigenvalue weighted by molar-refractivity contribution is 0.506. The summed E-state index contributed by atoms with van der Waals surface area (Å²) in [7, 11) is 0. The molecule has 0 spiro atoms. The number of aromatic nitrogens is 1. The highest BCUT2D eigenvalue weighted by molar-refractivity contribution is 6.30. The Bertz CT molecular complexity index is 746. The molecule has 3 nitrogen and oxygen atoms in total. The van der Waals surface area contributed by atoms with E-state index >= 15 is 0 Å². The molecule has 0 aliphatic carbocycles. The Kier molecular flexibility index (Phi) is 5.09. The van der Waals surface area contributed by atoms with Crippen LogP contribution in [0.15, 0.2) is 43.1 Å². The van der Waals surface area contributed by atoms with Crippen LogP contribution in [0.25, 0.3) is 5.70 Å². The van der Waals surface area contributed by atoms with Gasteiger partial charge in [0.05, 0.1) is 11.1 Å². The Morgan fingerprint density at radius 3 is 2.68 bits per heavy atom. The zero-order valence-corrected chi connectivity index (χ0v) is 13.8. The number of rotatable bonds is 5. The second-order valence-electron chi connectivity index (χ2n) is 5.51. The molecule has 1 aromatic heterocycles.